The van der Waals surface area contributed by atoms with Crippen LogP contribution in [0, 0.1) is 11.8 Å². The van der Waals surface area contributed by atoms with Gasteiger partial charge in [0.15, 0.2) is 0 Å². The molecule has 1 heterocycles. The number of amides is 3. The van der Waals surface area contributed by atoms with Crippen molar-refractivity contribution in [2.24, 2.45) is 11.8 Å². The van der Waals surface area contributed by atoms with Crippen LogP contribution in [0.4, 0.5) is 11.4 Å². The zero-order valence-corrected chi connectivity index (χ0v) is 13.9. The number of anilines is 2. The molecule has 1 saturated heterocycles. The third-order valence-electron chi connectivity index (χ3n) is 4.56. The van der Waals surface area contributed by atoms with Crippen LogP contribution in [-0.2, 0) is 14.4 Å². The largest absolute Gasteiger partial charge is 0.342 e. The Labute approximate surface area is 141 Å². The van der Waals surface area contributed by atoms with Gasteiger partial charge in [0.25, 0.3) is 0 Å². The molecule has 0 aromatic heterocycles. The average molecular weight is 329 g/mol. The van der Waals surface area contributed by atoms with E-state index in [1.54, 1.807) is 24.3 Å². The predicted octanol–water partition coefficient (Wildman–Crippen LogP) is 2.23. The molecule has 6 nitrogen and oxygen atoms in total. The van der Waals surface area contributed by atoms with E-state index in [4.69, 9.17) is 0 Å². The monoisotopic (exact) mass is 329 g/mol. The zero-order chi connectivity index (χ0) is 17.1. The molecule has 3 rings (SSSR count). The Hall–Kier alpha value is -2.37. The second kappa shape index (κ2) is 7.03. The fourth-order valence-electron chi connectivity index (χ4n) is 3.22. The standard InChI is InChI=1S/C18H23N3O3/c1-12(22)19-13-6-5-7-14(10-13)20-17(23)15-11-16(15)18(24)21-8-3-2-4-9-21/h5-7,10,15-16H,2-4,8-9,11H2,1H3,(H,19,22)(H,20,23). The molecule has 1 saturated carbocycles. The third-order valence-corrected chi connectivity index (χ3v) is 4.56. The summed E-state index contributed by atoms with van der Waals surface area (Å²) in [6.45, 7) is 3.08. The fraction of sp³-hybridized carbons (Fsp3) is 0.500. The van der Waals surface area contributed by atoms with Gasteiger partial charge < -0.3 is 15.5 Å². The summed E-state index contributed by atoms with van der Waals surface area (Å²) in [5.41, 5.74) is 1.26. The molecule has 2 fully saturated rings. The van der Waals surface area contributed by atoms with Gasteiger partial charge in [-0.3, -0.25) is 14.4 Å². The Balaban J connectivity index is 1.54. The lowest BCUT2D eigenvalue weighted by Crippen LogP contribution is -2.37. The van der Waals surface area contributed by atoms with Crippen molar-refractivity contribution < 1.29 is 14.4 Å². The molecule has 24 heavy (non-hydrogen) atoms. The summed E-state index contributed by atoms with van der Waals surface area (Å²) in [5.74, 6) is -0.550. The van der Waals surface area contributed by atoms with Crippen molar-refractivity contribution in [3.05, 3.63) is 24.3 Å². The van der Waals surface area contributed by atoms with Crippen molar-refractivity contribution in [2.75, 3.05) is 23.7 Å². The van der Waals surface area contributed by atoms with E-state index in [2.05, 4.69) is 10.6 Å². The molecular formula is C18H23N3O3. The number of likely N-dealkylation sites (tertiary alicyclic amines) is 1. The Morgan fingerprint density at radius 1 is 1.00 bits per heavy atom. The lowest BCUT2D eigenvalue weighted by atomic mass is 10.1. The van der Waals surface area contributed by atoms with E-state index in [1.807, 2.05) is 4.90 Å². The van der Waals surface area contributed by atoms with Gasteiger partial charge in [-0.2, -0.15) is 0 Å². The van der Waals surface area contributed by atoms with Crippen LogP contribution in [0.25, 0.3) is 0 Å². The maximum absolute atomic E-state index is 12.4. The lowest BCUT2D eigenvalue weighted by molar-refractivity contribution is -0.135. The van der Waals surface area contributed by atoms with Crippen LogP contribution in [0.3, 0.4) is 0 Å². The number of carbonyl (C=O) groups is 3. The minimum Gasteiger partial charge on any atom is -0.342 e. The molecule has 3 amide bonds. The predicted molar refractivity (Wildman–Crippen MR) is 91.4 cm³/mol. The third kappa shape index (κ3) is 3.93. The first-order chi connectivity index (χ1) is 11.5. The summed E-state index contributed by atoms with van der Waals surface area (Å²) < 4.78 is 0. The average Bonchev–Trinajstić information content (AvgIpc) is 3.35. The Bertz CT molecular complexity index is 653. The SMILES string of the molecule is CC(=O)Nc1cccc(NC(=O)C2CC2C(=O)N2CCCCC2)c1. The van der Waals surface area contributed by atoms with Gasteiger partial charge in [-0.15, -0.1) is 0 Å². The molecule has 0 radical (unpaired) electrons. The number of hydrogen-bond acceptors (Lipinski definition) is 3. The van der Waals surface area contributed by atoms with Gasteiger partial charge in [-0.1, -0.05) is 6.07 Å². The van der Waals surface area contributed by atoms with Crippen molar-refractivity contribution in [3.63, 3.8) is 0 Å². The number of hydrogen-bond donors (Lipinski definition) is 2. The first-order valence-corrected chi connectivity index (χ1v) is 8.52. The summed E-state index contributed by atoms with van der Waals surface area (Å²) in [4.78, 5) is 37.7. The Morgan fingerprint density at radius 2 is 1.67 bits per heavy atom. The molecule has 1 aliphatic carbocycles. The molecule has 2 N–H and O–H groups in total. The highest BCUT2D eigenvalue weighted by Crippen LogP contribution is 2.41. The smallest absolute Gasteiger partial charge is 0.228 e. The zero-order valence-electron chi connectivity index (χ0n) is 13.9. The molecule has 2 aliphatic rings. The second-order valence-electron chi connectivity index (χ2n) is 6.59. The van der Waals surface area contributed by atoms with Gasteiger partial charge in [-0.25, -0.2) is 0 Å². The quantitative estimate of drug-likeness (QED) is 0.889. The molecule has 1 aromatic rings. The van der Waals surface area contributed by atoms with Crippen molar-refractivity contribution in [1.29, 1.82) is 0 Å². The molecule has 0 bridgehead atoms. The van der Waals surface area contributed by atoms with E-state index in [1.165, 1.54) is 13.3 Å². The van der Waals surface area contributed by atoms with Gasteiger partial charge in [0.05, 0.1) is 11.8 Å². The molecular weight excluding hydrogens is 306 g/mol. The first kappa shape index (κ1) is 16.5. The molecule has 1 aromatic carbocycles. The number of carbonyl (C=O) groups excluding carboxylic acids is 3. The van der Waals surface area contributed by atoms with Crippen molar-refractivity contribution in [3.8, 4) is 0 Å². The number of nitrogens with one attached hydrogen (secondary N) is 2. The van der Waals surface area contributed by atoms with E-state index in [0.717, 1.165) is 25.9 Å². The van der Waals surface area contributed by atoms with Crippen LogP contribution >= 0.6 is 0 Å². The summed E-state index contributed by atoms with van der Waals surface area (Å²) >= 11 is 0. The second-order valence-corrected chi connectivity index (χ2v) is 6.59. The molecule has 2 unspecified atom stereocenters. The van der Waals surface area contributed by atoms with Crippen LogP contribution < -0.4 is 10.6 Å². The van der Waals surface area contributed by atoms with Gasteiger partial charge in [-0.05, 0) is 43.9 Å². The number of piperidine rings is 1. The van der Waals surface area contributed by atoms with Crippen LogP contribution in [-0.4, -0.2) is 35.7 Å². The molecule has 128 valence electrons. The lowest BCUT2D eigenvalue weighted by Gasteiger charge is -2.26. The minimum atomic E-state index is -0.233. The highest BCUT2D eigenvalue weighted by Gasteiger charge is 2.49. The van der Waals surface area contributed by atoms with Gasteiger partial charge in [0, 0.05) is 31.4 Å². The first-order valence-electron chi connectivity index (χ1n) is 8.52. The summed E-state index contributed by atoms with van der Waals surface area (Å²) in [6, 6.07) is 7.01. The maximum Gasteiger partial charge on any atom is 0.228 e. The Kier molecular flexibility index (Phi) is 4.83. The van der Waals surface area contributed by atoms with E-state index in [9.17, 15) is 14.4 Å². The number of rotatable bonds is 4. The Morgan fingerprint density at radius 3 is 2.33 bits per heavy atom. The van der Waals surface area contributed by atoms with Crippen LogP contribution in [0.1, 0.15) is 32.6 Å². The van der Waals surface area contributed by atoms with Crippen LogP contribution in [0.5, 0.6) is 0 Å². The van der Waals surface area contributed by atoms with E-state index >= 15 is 0 Å². The topological polar surface area (TPSA) is 78.5 Å². The minimum absolute atomic E-state index is 0.120. The van der Waals surface area contributed by atoms with Crippen LogP contribution in [0.15, 0.2) is 24.3 Å². The summed E-state index contributed by atoms with van der Waals surface area (Å²) in [7, 11) is 0. The molecule has 2 atom stereocenters. The van der Waals surface area contributed by atoms with Crippen molar-refractivity contribution in [2.45, 2.75) is 32.6 Å². The van der Waals surface area contributed by atoms with Crippen molar-refractivity contribution >= 4 is 29.1 Å². The van der Waals surface area contributed by atoms with E-state index in [-0.39, 0.29) is 29.6 Å². The molecule has 1 aliphatic heterocycles. The summed E-state index contributed by atoms with van der Waals surface area (Å²) in [6.07, 6.45) is 3.94. The van der Waals surface area contributed by atoms with Gasteiger partial charge in [0.1, 0.15) is 0 Å². The van der Waals surface area contributed by atoms with E-state index < -0.39 is 0 Å². The molecule has 6 heteroatoms. The summed E-state index contributed by atoms with van der Waals surface area (Å²) in [5, 5.41) is 5.53. The highest BCUT2D eigenvalue weighted by atomic mass is 16.2. The van der Waals surface area contributed by atoms with E-state index in [0.29, 0.717) is 17.8 Å². The number of nitrogens with zero attached hydrogens (tertiary/aromatic N) is 1. The number of benzene rings is 1. The highest BCUT2D eigenvalue weighted by molar-refractivity contribution is 6.00. The van der Waals surface area contributed by atoms with Crippen LogP contribution in [0.2, 0.25) is 0 Å². The molecule has 0 spiro atoms. The fourth-order valence-corrected chi connectivity index (χ4v) is 3.22. The maximum atomic E-state index is 12.4. The van der Waals surface area contributed by atoms with Gasteiger partial charge in [0.2, 0.25) is 17.7 Å². The van der Waals surface area contributed by atoms with Crippen molar-refractivity contribution in [1.82, 2.24) is 4.90 Å². The van der Waals surface area contributed by atoms with Gasteiger partial charge >= 0.3 is 0 Å². The normalized spacial score (nSPS) is 22.6.